The topological polar surface area (TPSA) is 104 Å². The summed E-state index contributed by atoms with van der Waals surface area (Å²) < 4.78 is 11.1. The number of amides is 2. The SMILES string of the molecule is CCOc1ccc2c(c1)C=C(C(=O)Nc1cccc(C(N)=O)n1)CO2. The fraction of sp³-hybridized carbons (Fsp3) is 0.167. The molecule has 0 atom stereocenters. The van der Waals surface area contributed by atoms with Gasteiger partial charge in [-0.1, -0.05) is 6.07 Å². The minimum atomic E-state index is -0.659. The zero-order valence-electron chi connectivity index (χ0n) is 13.6. The van der Waals surface area contributed by atoms with Crippen LogP contribution in [-0.4, -0.2) is 30.0 Å². The second-order valence-electron chi connectivity index (χ2n) is 5.32. The Kier molecular flexibility index (Phi) is 4.65. The van der Waals surface area contributed by atoms with Crippen molar-refractivity contribution in [2.75, 3.05) is 18.5 Å². The van der Waals surface area contributed by atoms with Crippen LogP contribution in [0.5, 0.6) is 11.5 Å². The third kappa shape index (κ3) is 3.77. The van der Waals surface area contributed by atoms with Crippen LogP contribution in [0.3, 0.4) is 0 Å². The average molecular weight is 339 g/mol. The van der Waals surface area contributed by atoms with E-state index in [-0.39, 0.29) is 24.0 Å². The molecule has 7 nitrogen and oxygen atoms in total. The van der Waals surface area contributed by atoms with Crippen LogP contribution in [0.1, 0.15) is 23.0 Å². The van der Waals surface area contributed by atoms with E-state index < -0.39 is 5.91 Å². The van der Waals surface area contributed by atoms with Crippen LogP contribution in [0.4, 0.5) is 5.82 Å². The third-order valence-electron chi connectivity index (χ3n) is 3.54. The van der Waals surface area contributed by atoms with E-state index in [0.717, 1.165) is 5.56 Å². The number of carbonyl (C=O) groups is 2. The van der Waals surface area contributed by atoms with Crippen molar-refractivity contribution in [3.63, 3.8) is 0 Å². The summed E-state index contributed by atoms with van der Waals surface area (Å²) in [5.74, 6) is 0.624. The molecule has 0 aliphatic carbocycles. The maximum Gasteiger partial charge on any atom is 0.267 e. The van der Waals surface area contributed by atoms with Gasteiger partial charge >= 0.3 is 0 Å². The monoisotopic (exact) mass is 339 g/mol. The van der Waals surface area contributed by atoms with E-state index in [4.69, 9.17) is 15.2 Å². The molecule has 128 valence electrons. The van der Waals surface area contributed by atoms with Gasteiger partial charge in [0, 0.05) is 5.56 Å². The highest BCUT2D eigenvalue weighted by atomic mass is 16.5. The van der Waals surface area contributed by atoms with Crippen LogP contribution in [0.15, 0.2) is 42.0 Å². The van der Waals surface area contributed by atoms with Gasteiger partial charge in [0.2, 0.25) is 0 Å². The fourth-order valence-electron chi connectivity index (χ4n) is 2.38. The molecular formula is C18H17N3O4. The van der Waals surface area contributed by atoms with Gasteiger partial charge in [0.15, 0.2) is 0 Å². The maximum atomic E-state index is 12.4. The normalized spacial score (nSPS) is 12.4. The molecule has 25 heavy (non-hydrogen) atoms. The zero-order chi connectivity index (χ0) is 17.8. The molecule has 1 aromatic carbocycles. The predicted molar refractivity (Wildman–Crippen MR) is 92.5 cm³/mol. The molecule has 0 bridgehead atoms. The van der Waals surface area contributed by atoms with Crippen molar-refractivity contribution in [3.8, 4) is 11.5 Å². The molecule has 1 aliphatic rings. The lowest BCUT2D eigenvalue weighted by molar-refractivity contribution is -0.113. The maximum absolute atomic E-state index is 12.4. The van der Waals surface area contributed by atoms with E-state index in [2.05, 4.69) is 10.3 Å². The van der Waals surface area contributed by atoms with E-state index in [0.29, 0.717) is 23.7 Å². The molecule has 0 fully saturated rings. The number of nitrogens with two attached hydrogens (primary N) is 1. The van der Waals surface area contributed by atoms with Gasteiger partial charge in [-0.15, -0.1) is 0 Å². The van der Waals surface area contributed by atoms with Crippen molar-refractivity contribution < 1.29 is 19.1 Å². The second-order valence-corrected chi connectivity index (χ2v) is 5.32. The van der Waals surface area contributed by atoms with Gasteiger partial charge in [0.1, 0.15) is 29.6 Å². The van der Waals surface area contributed by atoms with Gasteiger partial charge in [-0.3, -0.25) is 9.59 Å². The largest absolute Gasteiger partial charge is 0.494 e. The van der Waals surface area contributed by atoms with Crippen LogP contribution >= 0.6 is 0 Å². The van der Waals surface area contributed by atoms with Crippen molar-refractivity contribution in [3.05, 3.63) is 53.2 Å². The van der Waals surface area contributed by atoms with Crippen LogP contribution in [0.25, 0.3) is 6.08 Å². The number of hydrogen-bond acceptors (Lipinski definition) is 5. The van der Waals surface area contributed by atoms with Gasteiger partial charge in [-0.2, -0.15) is 0 Å². The van der Waals surface area contributed by atoms with E-state index in [1.54, 1.807) is 18.2 Å². The molecule has 0 spiro atoms. The molecule has 0 unspecified atom stereocenters. The highest BCUT2D eigenvalue weighted by Crippen LogP contribution is 2.30. The molecular weight excluding hydrogens is 322 g/mol. The first-order valence-electron chi connectivity index (χ1n) is 7.75. The number of fused-ring (bicyclic) bond motifs is 1. The number of pyridine rings is 1. The standard InChI is InChI=1S/C18H17N3O4/c1-2-24-13-6-7-15-11(9-13)8-12(10-25-15)18(23)21-16-5-3-4-14(20-16)17(19)22/h3-9H,2,10H2,1H3,(H2,19,22)(H,20,21,23). The fourth-order valence-corrected chi connectivity index (χ4v) is 2.38. The number of aromatic nitrogens is 1. The van der Waals surface area contributed by atoms with Crippen molar-refractivity contribution >= 4 is 23.7 Å². The Balaban J connectivity index is 1.80. The highest BCUT2D eigenvalue weighted by Gasteiger charge is 2.18. The summed E-state index contributed by atoms with van der Waals surface area (Å²) in [5, 5.41) is 2.64. The molecule has 0 saturated heterocycles. The summed E-state index contributed by atoms with van der Waals surface area (Å²) in [5.41, 5.74) is 6.48. The summed E-state index contributed by atoms with van der Waals surface area (Å²) >= 11 is 0. The summed E-state index contributed by atoms with van der Waals surface area (Å²) in [6.07, 6.45) is 1.74. The molecule has 2 aromatic rings. The lowest BCUT2D eigenvalue weighted by Gasteiger charge is -2.18. The highest BCUT2D eigenvalue weighted by molar-refractivity contribution is 6.07. The smallest absolute Gasteiger partial charge is 0.267 e. The predicted octanol–water partition coefficient (Wildman–Crippen LogP) is 1.99. The summed E-state index contributed by atoms with van der Waals surface area (Å²) in [6.45, 7) is 2.60. The van der Waals surface area contributed by atoms with E-state index in [1.807, 2.05) is 25.1 Å². The first-order chi connectivity index (χ1) is 12.1. The minimum Gasteiger partial charge on any atom is -0.494 e. The van der Waals surface area contributed by atoms with Gasteiger partial charge in [0.25, 0.3) is 11.8 Å². The van der Waals surface area contributed by atoms with Crippen LogP contribution in [0, 0.1) is 0 Å². The van der Waals surface area contributed by atoms with E-state index in [9.17, 15) is 9.59 Å². The molecule has 2 heterocycles. The number of nitrogens with one attached hydrogen (secondary N) is 1. The minimum absolute atomic E-state index is 0.0818. The van der Waals surface area contributed by atoms with Crippen LogP contribution < -0.4 is 20.5 Å². The van der Waals surface area contributed by atoms with Gasteiger partial charge in [-0.25, -0.2) is 4.98 Å². The molecule has 3 rings (SSSR count). The number of carbonyl (C=O) groups excluding carboxylic acids is 2. The van der Waals surface area contributed by atoms with E-state index >= 15 is 0 Å². The van der Waals surface area contributed by atoms with Crippen molar-refractivity contribution in [2.45, 2.75) is 6.92 Å². The van der Waals surface area contributed by atoms with Crippen molar-refractivity contribution in [1.82, 2.24) is 4.98 Å². The third-order valence-corrected chi connectivity index (χ3v) is 3.54. The Hall–Kier alpha value is -3.35. The number of ether oxygens (including phenoxy) is 2. The Morgan fingerprint density at radius 3 is 2.92 bits per heavy atom. The Morgan fingerprint density at radius 2 is 2.16 bits per heavy atom. The second kappa shape index (κ2) is 7.04. The van der Waals surface area contributed by atoms with Gasteiger partial charge in [-0.05, 0) is 43.3 Å². The Morgan fingerprint density at radius 1 is 1.32 bits per heavy atom. The number of hydrogen-bond donors (Lipinski definition) is 2. The molecule has 1 aliphatic heterocycles. The number of benzene rings is 1. The molecule has 7 heteroatoms. The van der Waals surface area contributed by atoms with Crippen molar-refractivity contribution in [2.24, 2.45) is 5.73 Å². The molecule has 3 N–H and O–H groups in total. The van der Waals surface area contributed by atoms with Gasteiger partial charge in [0.05, 0.1) is 12.2 Å². The summed E-state index contributed by atoms with van der Waals surface area (Å²) in [4.78, 5) is 27.6. The number of primary amides is 1. The molecule has 2 amide bonds. The summed E-state index contributed by atoms with van der Waals surface area (Å²) in [6, 6.07) is 10.1. The molecule has 0 saturated carbocycles. The number of anilines is 1. The first-order valence-corrected chi connectivity index (χ1v) is 7.75. The summed E-state index contributed by atoms with van der Waals surface area (Å²) in [7, 11) is 0. The van der Waals surface area contributed by atoms with Gasteiger partial charge < -0.3 is 20.5 Å². The lowest BCUT2D eigenvalue weighted by atomic mass is 10.1. The molecule has 1 aromatic heterocycles. The van der Waals surface area contributed by atoms with Crippen molar-refractivity contribution in [1.29, 1.82) is 0 Å². The van der Waals surface area contributed by atoms with Crippen LogP contribution in [-0.2, 0) is 4.79 Å². The Labute approximate surface area is 144 Å². The van der Waals surface area contributed by atoms with Crippen LogP contribution in [0.2, 0.25) is 0 Å². The zero-order valence-corrected chi connectivity index (χ0v) is 13.6. The quantitative estimate of drug-likeness (QED) is 0.867. The number of rotatable bonds is 5. The first kappa shape index (κ1) is 16.5. The number of nitrogens with zero attached hydrogens (tertiary/aromatic N) is 1. The average Bonchev–Trinajstić information content (AvgIpc) is 2.61. The molecule has 0 radical (unpaired) electrons. The Bertz CT molecular complexity index is 861. The van der Waals surface area contributed by atoms with E-state index in [1.165, 1.54) is 6.07 Å². The lowest BCUT2D eigenvalue weighted by Crippen LogP contribution is -2.22.